The van der Waals surface area contributed by atoms with Crippen LogP contribution in [0.1, 0.15) is 12.0 Å². The highest BCUT2D eigenvalue weighted by Gasteiger charge is 2.24. The zero-order valence-corrected chi connectivity index (χ0v) is 10.4. The van der Waals surface area contributed by atoms with Gasteiger partial charge in [-0.3, -0.25) is 9.78 Å². The lowest BCUT2D eigenvalue weighted by Gasteiger charge is -2.20. The standard InChI is InChI=1S/C12H12N2O3S/c15-12-5-1-2-8-14(12)18(16,17)9-6-11-4-3-7-13-10-11/h1,3-7,9-10H,2,8H2. The number of hydrogen-bond acceptors (Lipinski definition) is 4. The number of hydrogen-bond donors (Lipinski definition) is 0. The molecule has 6 heteroatoms. The molecule has 0 saturated carbocycles. The third kappa shape index (κ3) is 2.84. The Morgan fingerprint density at radius 3 is 2.89 bits per heavy atom. The first-order valence-electron chi connectivity index (χ1n) is 5.41. The first kappa shape index (κ1) is 12.5. The molecule has 0 bridgehead atoms. The molecule has 2 heterocycles. The first-order valence-corrected chi connectivity index (χ1v) is 6.91. The maximum absolute atomic E-state index is 11.9. The second-order valence-corrected chi connectivity index (χ2v) is 5.48. The summed E-state index contributed by atoms with van der Waals surface area (Å²) in [6.45, 7) is 0.190. The normalized spacial score (nSPS) is 16.4. The number of carbonyl (C=O) groups is 1. The van der Waals surface area contributed by atoms with Gasteiger partial charge in [0.25, 0.3) is 15.9 Å². The fourth-order valence-electron chi connectivity index (χ4n) is 1.53. The third-order valence-electron chi connectivity index (χ3n) is 2.43. The monoisotopic (exact) mass is 264 g/mol. The molecule has 0 unspecified atom stereocenters. The first-order chi connectivity index (χ1) is 8.59. The Labute approximate surface area is 106 Å². The fourth-order valence-corrected chi connectivity index (χ4v) is 2.68. The van der Waals surface area contributed by atoms with Gasteiger partial charge in [-0.1, -0.05) is 12.1 Å². The van der Waals surface area contributed by atoms with Crippen molar-refractivity contribution in [2.24, 2.45) is 0 Å². The molecule has 0 radical (unpaired) electrons. The number of nitrogens with zero attached hydrogens (tertiary/aromatic N) is 2. The molecule has 1 aromatic rings. The van der Waals surface area contributed by atoms with Crippen LogP contribution in [-0.2, 0) is 14.8 Å². The van der Waals surface area contributed by atoms with E-state index in [0.29, 0.717) is 12.0 Å². The van der Waals surface area contributed by atoms with Gasteiger partial charge < -0.3 is 0 Å². The molecule has 0 aromatic carbocycles. The van der Waals surface area contributed by atoms with Crippen LogP contribution >= 0.6 is 0 Å². The highest BCUT2D eigenvalue weighted by atomic mass is 32.2. The third-order valence-corrected chi connectivity index (χ3v) is 3.89. The lowest BCUT2D eigenvalue weighted by Crippen LogP contribution is -2.36. The maximum atomic E-state index is 11.9. The van der Waals surface area contributed by atoms with Crippen molar-refractivity contribution in [2.75, 3.05) is 6.54 Å². The number of aromatic nitrogens is 1. The van der Waals surface area contributed by atoms with Crippen LogP contribution in [0.4, 0.5) is 0 Å². The van der Waals surface area contributed by atoms with Gasteiger partial charge in [0.05, 0.1) is 5.41 Å². The second-order valence-electron chi connectivity index (χ2n) is 3.74. The molecule has 1 amide bonds. The quantitative estimate of drug-likeness (QED) is 0.822. The summed E-state index contributed by atoms with van der Waals surface area (Å²) < 4.78 is 24.7. The molecule has 5 nitrogen and oxygen atoms in total. The predicted octanol–water partition coefficient (Wildman–Crippen LogP) is 1.17. The Bertz CT molecular complexity index is 591. The molecule has 18 heavy (non-hydrogen) atoms. The van der Waals surface area contributed by atoms with Gasteiger partial charge in [-0.05, 0) is 24.1 Å². The van der Waals surface area contributed by atoms with Crippen LogP contribution in [0.5, 0.6) is 0 Å². The summed E-state index contributed by atoms with van der Waals surface area (Å²) in [5, 5.41) is 1.03. The molecule has 1 aromatic heterocycles. The number of sulfonamides is 1. The molecule has 1 aliphatic heterocycles. The van der Waals surface area contributed by atoms with E-state index in [0.717, 1.165) is 9.71 Å². The lowest BCUT2D eigenvalue weighted by molar-refractivity contribution is -0.121. The Hall–Kier alpha value is -1.95. The van der Waals surface area contributed by atoms with E-state index in [1.165, 1.54) is 12.2 Å². The molecular formula is C12H12N2O3S. The van der Waals surface area contributed by atoms with E-state index >= 15 is 0 Å². The van der Waals surface area contributed by atoms with Gasteiger partial charge in [0.2, 0.25) is 0 Å². The Balaban J connectivity index is 2.20. The van der Waals surface area contributed by atoms with Gasteiger partial charge >= 0.3 is 0 Å². The highest BCUT2D eigenvalue weighted by Crippen LogP contribution is 2.12. The largest absolute Gasteiger partial charge is 0.269 e. The van der Waals surface area contributed by atoms with E-state index in [1.807, 2.05) is 0 Å². The van der Waals surface area contributed by atoms with Crippen LogP contribution < -0.4 is 0 Å². The van der Waals surface area contributed by atoms with Gasteiger partial charge in [-0.2, -0.15) is 0 Å². The molecule has 0 spiro atoms. The summed E-state index contributed by atoms with van der Waals surface area (Å²) >= 11 is 0. The van der Waals surface area contributed by atoms with Crippen LogP contribution in [0, 0.1) is 0 Å². The molecule has 2 rings (SSSR count). The van der Waals surface area contributed by atoms with E-state index < -0.39 is 15.9 Å². The number of carbonyl (C=O) groups excluding carboxylic acids is 1. The smallest absolute Gasteiger partial charge is 0.259 e. The van der Waals surface area contributed by atoms with Crippen molar-refractivity contribution < 1.29 is 13.2 Å². The number of amides is 1. The summed E-state index contributed by atoms with van der Waals surface area (Å²) in [4.78, 5) is 15.3. The van der Waals surface area contributed by atoms with Crippen molar-refractivity contribution in [3.05, 3.63) is 47.6 Å². The van der Waals surface area contributed by atoms with Crippen LogP contribution in [0.3, 0.4) is 0 Å². The zero-order valence-electron chi connectivity index (χ0n) is 9.56. The molecule has 0 saturated heterocycles. The molecule has 1 aliphatic rings. The number of pyridine rings is 1. The van der Waals surface area contributed by atoms with Crippen molar-refractivity contribution in [1.29, 1.82) is 0 Å². The zero-order chi connectivity index (χ0) is 13.0. The van der Waals surface area contributed by atoms with Crippen molar-refractivity contribution >= 4 is 22.0 Å². The average molecular weight is 264 g/mol. The Morgan fingerprint density at radius 1 is 1.39 bits per heavy atom. The summed E-state index contributed by atoms with van der Waals surface area (Å²) in [5.41, 5.74) is 0.668. The van der Waals surface area contributed by atoms with Crippen LogP contribution in [-0.4, -0.2) is 30.2 Å². The van der Waals surface area contributed by atoms with Gasteiger partial charge in [-0.15, -0.1) is 0 Å². The van der Waals surface area contributed by atoms with Crippen LogP contribution in [0.2, 0.25) is 0 Å². The van der Waals surface area contributed by atoms with E-state index in [9.17, 15) is 13.2 Å². The van der Waals surface area contributed by atoms with Crippen molar-refractivity contribution in [3.63, 3.8) is 0 Å². The second kappa shape index (κ2) is 5.14. The summed E-state index contributed by atoms with van der Waals surface area (Å²) in [6, 6.07) is 3.44. The minimum Gasteiger partial charge on any atom is -0.269 e. The molecule has 0 N–H and O–H groups in total. The minimum atomic E-state index is -3.71. The van der Waals surface area contributed by atoms with Crippen molar-refractivity contribution in [2.45, 2.75) is 6.42 Å². The maximum Gasteiger partial charge on any atom is 0.259 e. The SMILES string of the molecule is O=C1C=CCCN1S(=O)(=O)C=Cc1cccnc1. The Morgan fingerprint density at radius 2 is 2.22 bits per heavy atom. The summed E-state index contributed by atoms with van der Waals surface area (Å²) in [5.74, 6) is -0.503. The summed E-state index contributed by atoms with van der Waals surface area (Å²) in [7, 11) is -3.71. The topological polar surface area (TPSA) is 67.3 Å². The Kier molecular flexibility index (Phi) is 3.57. The van der Waals surface area contributed by atoms with E-state index in [2.05, 4.69) is 4.98 Å². The molecule has 0 fully saturated rings. The highest BCUT2D eigenvalue weighted by molar-refractivity contribution is 7.92. The summed E-state index contributed by atoms with van der Waals surface area (Å²) in [6.07, 6.45) is 8.06. The fraction of sp³-hybridized carbons (Fsp3) is 0.167. The average Bonchev–Trinajstić information content (AvgIpc) is 2.38. The van der Waals surface area contributed by atoms with Gasteiger partial charge in [0.1, 0.15) is 0 Å². The number of rotatable bonds is 3. The van der Waals surface area contributed by atoms with Gasteiger partial charge in [0, 0.05) is 25.0 Å². The van der Waals surface area contributed by atoms with Crippen molar-refractivity contribution in [3.8, 4) is 0 Å². The lowest BCUT2D eigenvalue weighted by atomic mass is 10.3. The molecule has 94 valence electrons. The van der Waals surface area contributed by atoms with E-state index in [4.69, 9.17) is 0 Å². The molecular weight excluding hydrogens is 252 g/mol. The van der Waals surface area contributed by atoms with Crippen LogP contribution in [0.25, 0.3) is 6.08 Å². The van der Waals surface area contributed by atoms with E-state index in [-0.39, 0.29) is 6.54 Å². The molecule has 0 aliphatic carbocycles. The van der Waals surface area contributed by atoms with Gasteiger partial charge in [0.15, 0.2) is 0 Å². The van der Waals surface area contributed by atoms with Crippen molar-refractivity contribution in [1.82, 2.24) is 9.29 Å². The van der Waals surface area contributed by atoms with Crippen LogP contribution in [0.15, 0.2) is 42.1 Å². The minimum absolute atomic E-state index is 0.190. The van der Waals surface area contributed by atoms with E-state index in [1.54, 1.807) is 30.6 Å². The molecule has 0 atom stereocenters. The predicted molar refractivity (Wildman–Crippen MR) is 67.7 cm³/mol. The van der Waals surface area contributed by atoms with Gasteiger partial charge in [-0.25, -0.2) is 12.7 Å².